The monoisotopic (exact) mass is 124 g/mol. The molecule has 0 radical (unpaired) electrons. The molecular formula is C6H8N2O. The third-order valence-corrected chi connectivity index (χ3v) is 1.82. The molecule has 9 heavy (non-hydrogen) atoms. The van der Waals surface area contributed by atoms with Crippen LogP contribution in [-0.4, -0.2) is 17.3 Å². The molecule has 1 aliphatic carbocycles. The van der Waals surface area contributed by atoms with Crippen LogP contribution < -0.4 is 5.32 Å². The van der Waals surface area contributed by atoms with Crippen LogP contribution in [0.3, 0.4) is 0 Å². The molecule has 0 aromatic heterocycles. The summed E-state index contributed by atoms with van der Waals surface area (Å²) in [6.07, 6.45) is 1.88. The van der Waals surface area contributed by atoms with Crippen molar-refractivity contribution in [1.82, 2.24) is 5.32 Å². The zero-order valence-electron chi connectivity index (χ0n) is 5.27. The zero-order valence-corrected chi connectivity index (χ0v) is 5.27. The summed E-state index contributed by atoms with van der Waals surface area (Å²) in [7, 11) is 0. The molecule has 3 heteroatoms. The number of aliphatic imine (C=N–C) groups is 1. The van der Waals surface area contributed by atoms with Crippen LogP contribution in [0.25, 0.3) is 0 Å². The Kier molecular flexibility index (Phi) is 0.648. The summed E-state index contributed by atoms with van der Waals surface area (Å²) in [5.74, 6) is 0.873. The number of rotatable bonds is 0. The van der Waals surface area contributed by atoms with Crippen molar-refractivity contribution in [3.8, 4) is 0 Å². The van der Waals surface area contributed by atoms with Crippen molar-refractivity contribution >= 4 is 11.7 Å². The molecule has 2 rings (SSSR count). The van der Waals surface area contributed by atoms with E-state index in [4.69, 9.17) is 0 Å². The van der Waals surface area contributed by atoms with Gasteiger partial charge in [-0.15, -0.1) is 0 Å². The van der Waals surface area contributed by atoms with Gasteiger partial charge in [0.05, 0.1) is 0 Å². The van der Waals surface area contributed by atoms with E-state index >= 15 is 0 Å². The highest BCUT2D eigenvalue weighted by molar-refractivity contribution is 6.08. The van der Waals surface area contributed by atoms with Crippen LogP contribution >= 0.6 is 0 Å². The minimum absolute atomic E-state index is 0.0972. The van der Waals surface area contributed by atoms with Crippen molar-refractivity contribution in [3.63, 3.8) is 0 Å². The van der Waals surface area contributed by atoms with E-state index < -0.39 is 0 Å². The average Bonchev–Trinajstić information content (AvgIpc) is 2.42. The van der Waals surface area contributed by atoms with Crippen LogP contribution in [0.15, 0.2) is 4.99 Å². The summed E-state index contributed by atoms with van der Waals surface area (Å²) in [5.41, 5.74) is -0.288. The number of carbonyl (C=O) groups excluding carboxylic acids is 1. The van der Waals surface area contributed by atoms with Gasteiger partial charge in [0, 0.05) is 0 Å². The van der Waals surface area contributed by atoms with E-state index in [2.05, 4.69) is 10.3 Å². The first-order chi connectivity index (χ1) is 4.23. The lowest BCUT2D eigenvalue weighted by molar-refractivity contribution is -0.120. The van der Waals surface area contributed by atoms with E-state index in [1.54, 1.807) is 0 Å². The molecule has 1 heterocycles. The average molecular weight is 124 g/mol. The Morgan fingerprint density at radius 3 is 2.56 bits per heavy atom. The Bertz CT molecular complexity index is 203. The molecule has 1 aliphatic heterocycles. The molecule has 3 nitrogen and oxygen atoms in total. The summed E-state index contributed by atoms with van der Waals surface area (Å²) < 4.78 is 0. The first-order valence-electron chi connectivity index (χ1n) is 3.11. The van der Waals surface area contributed by atoms with Crippen LogP contribution in [0.2, 0.25) is 0 Å². The van der Waals surface area contributed by atoms with Crippen molar-refractivity contribution in [2.75, 3.05) is 0 Å². The van der Waals surface area contributed by atoms with Gasteiger partial charge < -0.3 is 5.32 Å². The van der Waals surface area contributed by atoms with Gasteiger partial charge in [-0.1, -0.05) is 0 Å². The third-order valence-electron chi connectivity index (χ3n) is 1.82. The molecule has 0 saturated heterocycles. The van der Waals surface area contributed by atoms with Crippen molar-refractivity contribution < 1.29 is 4.79 Å². The summed E-state index contributed by atoms with van der Waals surface area (Å²) in [4.78, 5) is 15.1. The Balaban J connectivity index is 2.34. The molecule has 1 N–H and O–H groups in total. The fourth-order valence-electron chi connectivity index (χ4n) is 1.14. The molecule has 0 aromatic rings. The molecule has 1 fully saturated rings. The standard InChI is InChI=1S/C6H8N2O/c1-4-7-5(9)6(8-4)2-3-6/h2-3H2,1H3,(H,7,8,9). The summed E-state index contributed by atoms with van der Waals surface area (Å²) in [5, 5.41) is 2.68. The largest absolute Gasteiger partial charge is 0.313 e. The molecule has 0 aromatic carbocycles. The lowest BCUT2D eigenvalue weighted by Crippen LogP contribution is -2.28. The fraction of sp³-hybridized carbons (Fsp3) is 0.667. The second kappa shape index (κ2) is 1.17. The molecule has 0 bridgehead atoms. The highest BCUT2D eigenvalue weighted by Gasteiger charge is 2.53. The van der Waals surface area contributed by atoms with Crippen LogP contribution in [0.5, 0.6) is 0 Å². The van der Waals surface area contributed by atoms with Crippen molar-refractivity contribution in [2.45, 2.75) is 25.3 Å². The number of nitrogens with zero attached hydrogens (tertiary/aromatic N) is 1. The second-order valence-corrected chi connectivity index (χ2v) is 2.68. The topological polar surface area (TPSA) is 41.5 Å². The first kappa shape index (κ1) is 4.97. The quantitative estimate of drug-likeness (QED) is 0.487. The van der Waals surface area contributed by atoms with Crippen LogP contribution in [0.1, 0.15) is 19.8 Å². The van der Waals surface area contributed by atoms with E-state index in [-0.39, 0.29) is 11.4 Å². The van der Waals surface area contributed by atoms with Crippen molar-refractivity contribution in [3.05, 3.63) is 0 Å². The minimum atomic E-state index is -0.288. The lowest BCUT2D eigenvalue weighted by Gasteiger charge is -1.94. The molecule has 1 amide bonds. The van der Waals surface area contributed by atoms with Gasteiger partial charge in [0.25, 0.3) is 5.91 Å². The molecule has 1 spiro atoms. The SMILES string of the molecule is CC1=NC2(CC2)C(=O)N1. The number of hydrogen-bond donors (Lipinski definition) is 1. The minimum Gasteiger partial charge on any atom is -0.313 e. The van der Waals surface area contributed by atoms with Gasteiger partial charge in [0.2, 0.25) is 0 Å². The van der Waals surface area contributed by atoms with Gasteiger partial charge >= 0.3 is 0 Å². The van der Waals surface area contributed by atoms with Crippen molar-refractivity contribution in [1.29, 1.82) is 0 Å². The molecular weight excluding hydrogens is 116 g/mol. The van der Waals surface area contributed by atoms with E-state index in [1.807, 2.05) is 6.92 Å². The molecule has 0 atom stereocenters. The van der Waals surface area contributed by atoms with Gasteiger partial charge in [0.15, 0.2) is 0 Å². The Labute approximate surface area is 53.2 Å². The highest BCUT2D eigenvalue weighted by Crippen LogP contribution is 2.41. The van der Waals surface area contributed by atoms with E-state index in [0.717, 1.165) is 18.7 Å². The summed E-state index contributed by atoms with van der Waals surface area (Å²) in [6, 6.07) is 0. The predicted molar refractivity (Wildman–Crippen MR) is 33.2 cm³/mol. The maximum absolute atomic E-state index is 10.9. The summed E-state index contributed by atoms with van der Waals surface area (Å²) in [6.45, 7) is 1.82. The molecule has 48 valence electrons. The fourth-order valence-corrected chi connectivity index (χ4v) is 1.14. The number of nitrogens with one attached hydrogen (secondary N) is 1. The maximum atomic E-state index is 10.9. The molecule has 1 saturated carbocycles. The molecule has 0 unspecified atom stereocenters. The Hall–Kier alpha value is -0.860. The summed E-state index contributed by atoms with van der Waals surface area (Å²) >= 11 is 0. The van der Waals surface area contributed by atoms with Gasteiger partial charge in [-0.25, -0.2) is 0 Å². The van der Waals surface area contributed by atoms with E-state index in [0.29, 0.717) is 0 Å². The first-order valence-corrected chi connectivity index (χ1v) is 3.11. The number of amidine groups is 1. The van der Waals surface area contributed by atoms with Gasteiger partial charge in [-0.05, 0) is 19.8 Å². The number of amides is 1. The van der Waals surface area contributed by atoms with E-state index in [1.165, 1.54) is 0 Å². The van der Waals surface area contributed by atoms with Gasteiger partial charge in [-0.2, -0.15) is 0 Å². The van der Waals surface area contributed by atoms with Gasteiger partial charge in [-0.3, -0.25) is 9.79 Å². The lowest BCUT2D eigenvalue weighted by atomic mass is 10.3. The number of carbonyl (C=O) groups is 1. The number of hydrogen-bond acceptors (Lipinski definition) is 2. The Morgan fingerprint density at radius 1 is 1.67 bits per heavy atom. The van der Waals surface area contributed by atoms with Crippen LogP contribution in [0, 0.1) is 0 Å². The molecule has 2 aliphatic rings. The Morgan fingerprint density at radius 2 is 2.33 bits per heavy atom. The van der Waals surface area contributed by atoms with Gasteiger partial charge in [0.1, 0.15) is 11.4 Å². The van der Waals surface area contributed by atoms with Crippen LogP contribution in [-0.2, 0) is 4.79 Å². The zero-order chi connectivity index (χ0) is 6.48. The van der Waals surface area contributed by atoms with Crippen molar-refractivity contribution in [2.24, 2.45) is 4.99 Å². The third kappa shape index (κ3) is 0.515. The predicted octanol–water partition coefficient (Wildman–Crippen LogP) is 0.0672. The smallest absolute Gasteiger partial charge is 0.253 e. The highest BCUT2D eigenvalue weighted by atomic mass is 16.2. The maximum Gasteiger partial charge on any atom is 0.253 e. The normalized spacial score (nSPS) is 28.1. The second-order valence-electron chi connectivity index (χ2n) is 2.68. The van der Waals surface area contributed by atoms with Crippen LogP contribution in [0.4, 0.5) is 0 Å². The van der Waals surface area contributed by atoms with E-state index in [9.17, 15) is 4.79 Å².